The van der Waals surface area contributed by atoms with E-state index >= 15 is 0 Å². The van der Waals surface area contributed by atoms with E-state index in [2.05, 4.69) is 5.32 Å². The minimum Gasteiger partial charge on any atom is -0.530 e. The number of nitrogens with zero attached hydrogens (tertiary/aromatic N) is 2. The van der Waals surface area contributed by atoms with E-state index in [0.717, 1.165) is 10.5 Å². The fourth-order valence-electron chi connectivity index (χ4n) is 7.25. The molecule has 0 unspecified atom stereocenters. The Bertz CT molecular complexity index is 1870. The zero-order valence-electron chi connectivity index (χ0n) is 30.1. The van der Waals surface area contributed by atoms with Crippen molar-refractivity contribution in [2.45, 2.75) is 68.9 Å². The first-order chi connectivity index (χ1) is 25.8. The maximum absolute atomic E-state index is 14.5. The van der Waals surface area contributed by atoms with Crippen LogP contribution in [0.3, 0.4) is 0 Å². The second-order valence-electron chi connectivity index (χ2n) is 14.4. The first-order valence-electron chi connectivity index (χ1n) is 17.9. The predicted molar refractivity (Wildman–Crippen MR) is 190 cm³/mol. The largest absolute Gasteiger partial charge is 0.530 e. The van der Waals surface area contributed by atoms with Crippen LogP contribution in [-0.4, -0.2) is 99.0 Å². The van der Waals surface area contributed by atoms with Gasteiger partial charge < -0.3 is 48.9 Å². The van der Waals surface area contributed by atoms with Crippen LogP contribution >= 0.6 is 0 Å². The fourth-order valence-corrected chi connectivity index (χ4v) is 8.91. The van der Waals surface area contributed by atoms with Gasteiger partial charge >= 0.3 is 6.09 Å². The number of aliphatic hydroxyl groups excluding tert-OH is 1. The van der Waals surface area contributed by atoms with E-state index in [1.54, 1.807) is 12.1 Å². The number of amides is 2. The number of carboxylic acid groups (broad SMARTS) is 1. The van der Waals surface area contributed by atoms with E-state index in [9.17, 15) is 32.6 Å². The van der Waals surface area contributed by atoms with Crippen molar-refractivity contribution in [1.82, 2.24) is 14.5 Å². The van der Waals surface area contributed by atoms with Gasteiger partial charge in [0.25, 0.3) is 0 Å². The Morgan fingerprint density at radius 2 is 1.80 bits per heavy atom. The number of aliphatic hydroxyl groups is 1. The third-order valence-corrected chi connectivity index (χ3v) is 11.8. The summed E-state index contributed by atoms with van der Waals surface area (Å²) in [6, 6.07) is 16.6. The SMILES string of the molecule is CC(C)(CCCNC(=O)Oc1ccc(F)cc1)CN(C[C@@H](O)[C@H](Cc1ccccc1)N(C(=O)[O-])[C@H]1CO[C@H]2OCC[C@H]21)S(=O)(=O)c1ccc2c(c1)OCO2. The van der Waals surface area contributed by atoms with Crippen molar-refractivity contribution in [2.75, 3.05) is 39.6 Å². The molecule has 3 aliphatic heterocycles. The topological polar surface area (TPSA) is 176 Å². The average Bonchev–Trinajstić information content (AvgIpc) is 3.89. The normalized spacial score (nSPS) is 20.4. The molecule has 0 saturated carbocycles. The lowest BCUT2D eigenvalue weighted by Gasteiger charge is -2.43. The van der Waals surface area contributed by atoms with Crippen molar-refractivity contribution >= 4 is 22.2 Å². The molecule has 2 saturated heterocycles. The van der Waals surface area contributed by atoms with Crippen LogP contribution in [0.15, 0.2) is 77.7 Å². The Hall–Kier alpha value is -4.48. The van der Waals surface area contributed by atoms with Gasteiger partial charge in [0, 0.05) is 31.6 Å². The van der Waals surface area contributed by atoms with Gasteiger partial charge in [-0.15, -0.1) is 0 Å². The summed E-state index contributed by atoms with van der Waals surface area (Å²) in [4.78, 5) is 26.3. The highest BCUT2D eigenvalue weighted by atomic mass is 32.2. The number of benzene rings is 3. The molecule has 16 heteroatoms. The van der Waals surface area contributed by atoms with Gasteiger partial charge in [-0.1, -0.05) is 44.2 Å². The molecule has 292 valence electrons. The molecule has 0 radical (unpaired) electrons. The lowest BCUT2D eigenvalue weighted by molar-refractivity contribution is -0.273. The molecule has 0 bridgehead atoms. The number of fused-ring (bicyclic) bond motifs is 2. The summed E-state index contributed by atoms with van der Waals surface area (Å²) < 4.78 is 70.8. The Morgan fingerprint density at radius 1 is 1.06 bits per heavy atom. The van der Waals surface area contributed by atoms with Gasteiger partial charge in [0.2, 0.25) is 16.8 Å². The van der Waals surface area contributed by atoms with E-state index < -0.39 is 64.5 Å². The molecule has 2 amide bonds. The molecule has 0 aliphatic carbocycles. The highest BCUT2D eigenvalue weighted by molar-refractivity contribution is 7.89. The van der Waals surface area contributed by atoms with E-state index in [1.165, 1.54) is 46.8 Å². The fraction of sp³-hybridized carbons (Fsp3) is 0.474. The molecule has 0 spiro atoms. The third-order valence-electron chi connectivity index (χ3n) is 9.97. The van der Waals surface area contributed by atoms with Crippen LogP contribution in [-0.2, 0) is 25.9 Å². The average molecular weight is 771 g/mol. The molecule has 54 heavy (non-hydrogen) atoms. The zero-order chi connectivity index (χ0) is 38.5. The Balaban J connectivity index is 1.23. The minimum absolute atomic E-state index is 0.0407. The molecule has 6 rings (SSSR count). The highest BCUT2D eigenvalue weighted by Gasteiger charge is 2.47. The molecule has 5 atom stereocenters. The van der Waals surface area contributed by atoms with Crippen molar-refractivity contribution < 1.29 is 56.3 Å². The van der Waals surface area contributed by atoms with Gasteiger partial charge in [-0.05, 0) is 73.1 Å². The quantitative estimate of drug-likeness (QED) is 0.204. The van der Waals surface area contributed by atoms with E-state index in [0.29, 0.717) is 31.6 Å². The van der Waals surface area contributed by atoms with Gasteiger partial charge in [0.1, 0.15) is 17.7 Å². The van der Waals surface area contributed by atoms with Crippen molar-refractivity contribution in [3.05, 3.63) is 84.2 Å². The number of carbonyl (C=O) groups is 2. The predicted octanol–water partition coefficient (Wildman–Crippen LogP) is 3.52. The van der Waals surface area contributed by atoms with Crippen molar-refractivity contribution in [3.63, 3.8) is 0 Å². The van der Waals surface area contributed by atoms with Crippen LogP contribution < -0.4 is 24.6 Å². The van der Waals surface area contributed by atoms with Gasteiger partial charge in [0.05, 0.1) is 36.3 Å². The maximum Gasteiger partial charge on any atom is 0.412 e. The van der Waals surface area contributed by atoms with E-state index in [-0.39, 0.29) is 55.2 Å². The Labute approximate surface area is 313 Å². The summed E-state index contributed by atoms with van der Waals surface area (Å²) in [5.74, 6) is 0.0934. The van der Waals surface area contributed by atoms with Crippen LogP contribution in [0.2, 0.25) is 0 Å². The zero-order valence-corrected chi connectivity index (χ0v) is 30.9. The highest BCUT2D eigenvalue weighted by Crippen LogP contribution is 2.38. The number of rotatable bonds is 16. The molecule has 14 nitrogen and oxygen atoms in total. The lowest BCUT2D eigenvalue weighted by Crippen LogP contribution is -2.61. The molecule has 3 aliphatic rings. The molecular weight excluding hydrogens is 725 g/mol. The smallest absolute Gasteiger partial charge is 0.412 e. The molecule has 3 aromatic carbocycles. The second kappa shape index (κ2) is 16.9. The summed E-state index contributed by atoms with van der Waals surface area (Å²) in [5, 5.41) is 27.7. The summed E-state index contributed by atoms with van der Waals surface area (Å²) in [6.07, 6.45) is -2.80. The Morgan fingerprint density at radius 3 is 2.54 bits per heavy atom. The van der Waals surface area contributed by atoms with E-state index in [4.69, 9.17) is 23.7 Å². The second-order valence-corrected chi connectivity index (χ2v) is 16.4. The number of halogens is 1. The standard InChI is InChI=1S/C38H46FN3O11S/c1-38(2,16-6-17-40-36(44)53-27-11-9-26(39)10-12-27)23-41(54(47,48)28-13-14-33-34(20-28)52-24-51-33)21-32(43)30(19-25-7-4-3-5-8-25)42(37(45)46)31-22-50-35-29(31)15-18-49-35/h3-5,7-14,20,29-32,35,43H,6,15-19,21-24H2,1-2H3,(H,40,44)(H,45,46)/p-1/t29-,30-,31-,32+,35+/m0/s1. The monoisotopic (exact) mass is 770 g/mol. The first-order valence-corrected chi connectivity index (χ1v) is 19.3. The van der Waals surface area contributed by atoms with Gasteiger partial charge in [0.15, 0.2) is 17.8 Å². The number of ether oxygens (including phenoxy) is 5. The minimum atomic E-state index is -4.32. The summed E-state index contributed by atoms with van der Waals surface area (Å²) in [6.45, 7) is 3.79. The first kappa shape index (κ1) is 39.2. The number of sulfonamides is 1. The van der Waals surface area contributed by atoms with Crippen LogP contribution in [0.25, 0.3) is 0 Å². The van der Waals surface area contributed by atoms with Crippen molar-refractivity contribution in [1.29, 1.82) is 0 Å². The van der Waals surface area contributed by atoms with Gasteiger partial charge in [-0.25, -0.2) is 17.6 Å². The van der Waals surface area contributed by atoms with Crippen molar-refractivity contribution in [3.8, 4) is 17.2 Å². The van der Waals surface area contributed by atoms with Crippen LogP contribution in [0.4, 0.5) is 14.0 Å². The molecule has 3 aromatic rings. The summed E-state index contributed by atoms with van der Waals surface area (Å²) in [7, 11) is -4.32. The molecule has 2 N–H and O–H groups in total. The van der Waals surface area contributed by atoms with E-state index in [1.807, 2.05) is 32.0 Å². The number of nitrogens with one attached hydrogen (secondary N) is 1. The van der Waals surface area contributed by atoms with Crippen LogP contribution in [0, 0.1) is 17.2 Å². The van der Waals surface area contributed by atoms with Crippen LogP contribution in [0.5, 0.6) is 17.2 Å². The Kier molecular flexibility index (Phi) is 12.3. The number of carbonyl (C=O) groups excluding carboxylic acids is 2. The molecule has 0 aromatic heterocycles. The third kappa shape index (κ3) is 9.41. The molecular formula is C38H45FN3O11S-. The summed E-state index contributed by atoms with van der Waals surface area (Å²) >= 11 is 0. The van der Waals surface area contributed by atoms with Crippen LogP contribution in [0.1, 0.15) is 38.7 Å². The molecule has 3 heterocycles. The summed E-state index contributed by atoms with van der Waals surface area (Å²) in [5.41, 5.74) is 0.0319. The number of hydrogen-bond donors (Lipinski definition) is 2. The van der Waals surface area contributed by atoms with Gasteiger partial charge in [-0.2, -0.15) is 4.31 Å². The molecule has 2 fully saturated rings. The van der Waals surface area contributed by atoms with Crippen molar-refractivity contribution in [2.24, 2.45) is 11.3 Å². The maximum atomic E-state index is 14.5. The van der Waals surface area contributed by atoms with Gasteiger partial charge in [-0.3, -0.25) is 0 Å². The lowest BCUT2D eigenvalue weighted by atomic mass is 9.87. The number of hydrogen-bond acceptors (Lipinski definition) is 11.